The lowest BCUT2D eigenvalue weighted by Crippen LogP contribution is -2.12. The fraction of sp³-hybridized carbons (Fsp3) is 0.200. The van der Waals surface area contributed by atoms with Gasteiger partial charge in [0, 0.05) is 22.4 Å². The van der Waals surface area contributed by atoms with Crippen molar-refractivity contribution >= 4 is 34.0 Å². The van der Waals surface area contributed by atoms with Crippen LogP contribution in [-0.4, -0.2) is 17.5 Å². The van der Waals surface area contributed by atoms with Crippen molar-refractivity contribution in [2.24, 2.45) is 0 Å². The number of benzene rings is 2. The molecule has 6 heteroatoms. The second-order valence-corrected chi connectivity index (χ2v) is 7.10. The number of thiazole rings is 1. The Balaban J connectivity index is 1.45. The summed E-state index contributed by atoms with van der Waals surface area (Å²) in [6, 6.07) is 15.4. The molecular formula is C20H19ClN2O2S. The maximum Gasteiger partial charge on any atom is 0.226 e. The largest absolute Gasteiger partial charge is 0.494 e. The summed E-state index contributed by atoms with van der Waals surface area (Å²) in [6.45, 7) is 2.53. The van der Waals surface area contributed by atoms with Crippen LogP contribution in [0, 0.1) is 6.92 Å². The smallest absolute Gasteiger partial charge is 0.226 e. The van der Waals surface area contributed by atoms with Crippen LogP contribution in [0.4, 0.5) is 5.13 Å². The van der Waals surface area contributed by atoms with Crippen LogP contribution in [0.5, 0.6) is 5.75 Å². The summed E-state index contributed by atoms with van der Waals surface area (Å²) in [7, 11) is 0. The maximum atomic E-state index is 12.1. The molecule has 0 unspecified atom stereocenters. The zero-order valence-electron chi connectivity index (χ0n) is 14.4. The number of aryl methyl sites for hydroxylation is 1. The van der Waals surface area contributed by atoms with Crippen molar-refractivity contribution < 1.29 is 9.53 Å². The zero-order valence-corrected chi connectivity index (χ0v) is 15.9. The first-order valence-electron chi connectivity index (χ1n) is 8.31. The summed E-state index contributed by atoms with van der Waals surface area (Å²) in [4.78, 5) is 16.5. The minimum atomic E-state index is -0.0717. The SMILES string of the molecule is Cc1ccc(OCCCC(=O)Nc2nc(-c3ccccc3Cl)cs2)cc1. The Morgan fingerprint density at radius 2 is 1.96 bits per heavy atom. The molecule has 0 fully saturated rings. The quantitative estimate of drug-likeness (QED) is 0.540. The molecule has 1 heterocycles. The average molecular weight is 387 g/mol. The Morgan fingerprint density at radius 3 is 2.73 bits per heavy atom. The number of nitrogens with zero attached hydrogens (tertiary/aromatic N) is 1. The van der Waals surface area contributed by atoms with Gasteiger partial charge in [-0.1, -0.05) is 47.5 Å². The van der Waals surface area contributed by atoms with Gasteiger partial charge in [-0.2, -0.15) is 0 Å². The first-order chi connectivity index (χ1) is 12.6. The topological polar surface area (TPSA) is 51.2 Å². The van der Waals surface area contributed by atoms with Crippen molar-refractivity contribution in [1.82, 2.24) is 4.98 Å². The molecule has 1 amide bonds. The molecule has 3 rings (SSSR count). The van der Waals surface area contributed by atoms with Gasteiger partial charge >= 0.3 is 0 Å². The molecule has 0 aliphatic rings. The molecule has 1 aromatic heterocycles. The van der Waals surface area contributed by atoms with Gasteiger partial charge in [-0.15, -0.1) is 11.3 Å². The normalized spacial score (nSPS) is 10.5. The van der Waals surface area contributed by atoms with Crippen LogP contribution >= 0.6 is 22.9 Å². The third-order valence-electron chi connectivity index (χ3n) is 3.74. The molecule has 134 valence electrons. The van der Waals surface area contributed by atoms with Gasteiger partial charge in [-0.05, 0) is 31.5 Å². The van der Waals surface area contributed by atoms with E-state index in [-0.39, 0.29) is 5.91 Å². The van der Waals surface area contributed by atoms with E-state index in [1.54, 1.807) is 0 Å². The van der Waals surface area contributed by atoms with Crippen molar-refractivity contribution in [1.29, 1.82) is 0 Å². The van der Waals surface area contributed by atoms with E-state index < -0.39 is 0 Å². The van der Waals surface area contributed by atoms with E-state index in [9.17, 15) is 4.79 Å². The molecule has 0 aliphatic heterocycles. The number of ether oxygens (including phenoxy) is 1. The van der Waals surface area contributed by atoms with E-state index in [4.69, 9.17) is 16.3 Å². The predicted molar refractivity (Wildman–Crippen MR) is 107 cm³/mol. The highest BCUT2D eigenvalue weighted by Crippen LogP contribution is 2.30. The number of carbonyl (C=O) groups is 1. The second-order valence-electron chi connectivity index (χ2n) is 5.83. The van der Waals surface area contributed by atoms with Crippen molar-refractivity contribution in [2.45, 2.75) is 19.8 Å². The Morgan fingerprint density at radius 1 is 1.19 bits per heavy atom. The lowest BCUT2D eigenvalue weighted by atomic mass is 10.2. The lowest BCUT2D eigenvalue weighted by molar-refractivity contribution is -0.116. The van der Waals surface area contributed by atoms with Crippen LogP contribution < -0.4 is 10.1 Å². The molecule has 3 aromatic rings. The Hall–Kier alpha value is -2.37. The third-order valence-corrected chi connectivity index (χ3v) is 4.83. The Bertz CT molecular complexity index is 878. The maximum absolute atomic E-state index is 12.1. The number of rotatable bonds is 7. The molecule has 0 radical (unpaired) electrons. The number of amides is 1. The van der Waals surface area contributed by atoms with Gasteiger partial charge in [0.1, 0.15) is 5.75 Å². The van der Waals surface area contributed by atoms with Crippen LogP contribution in [-0.2, 0) is 4.79 Å². The molecule has 0 bridgehead atoms. The van der Waals surface area contributed by atoms with Gasteiger partial charge in [-0.3, -0.25) is 4.79 Å². The zero-order chi connectivity index (χ0) is 18.4. The summed E-state index contributed by atoms with van der Waals surface area (Å²) >= 11 is 7.57. The highest BCUT2D eigenvalue weighted by Gasteiger charge is 2.10. The third kappa shape index (κ3) is 5.07. The molecule has 0 atom stereocenters. The second kappa shape index (κ2) is 8.83. The Kier molecular flexibility index (Phi) is 6.26. The predicted octanol–water partition coefficient (Wildman–Crippen LogP) is 5.57. The highest BCUT2D eigenvalue weighted by atomic mass is 35.5. The van der Waals surface area contributed by atoms with Gasteiger partial charge in [-0.25, -0.2) is 4.98 Å². The number of hydrogen-bond acceptors (Lipinski definition) is 4. The molecule has 0 saturated heterocycles. The number of carbonyl (C=O) groups excluding carboxylic acids is 1. The number of nitrogens with one attached hydrogen (secondary N) is 1. The standard InChI is InChI=1S/C20H19ClN2O2S/c1-14-8-10-15(11-9-14)25-12-4-7-19(24)23-20-22-18(13-26-20)16-5-2-3-6-17(16)21/h2-3,5-6,8-11,13H,4,7,12H2,1H3,(H,22,23,24). The molecule has 1 N–H and O–H groups in total. The van der Waals surface area contributed by atoms with E-state index in [0.29, 0.717) is 29.6 Å². The fourth-order valence-electron chi connectivity index (χ4n) is 2.36. The number of anilines is 1. The molecule has 4 nitrogen and oxygen atoms in total. The minimum absolute atomic E-state index is 0.0717. The van der Waals surface area contributed by atoms with Crippen LogP contribution in [0.25, 0.3) is 11.3 Å². The number of halogens is 1. The van der Waals surface area contributed by atoms with Crippen molar-refractivity contribution in [3.8, 4) is 17.0 Å². The van der Waals surface area contributed by atoms with E-state index in [1.165, 1.54) is 16.9 Å². The van der Waals surface area contributed by atoms with Crippen LogP contribution in [0.15, 0.2) is 53.9 Å². The van der Waals surface area contributed by atoms with Crippen molar-refractivity contribution in [2.75, 3.05) is 11.9 Å². The summed E-state index contributed by atoms with van der Waals surface area (Å²) < 4.78 is 5.63. The lowest BCUT2D eigenvalue weighted by Gasteiger charge is -2.06. The fourth-order valence-corrected chi connectivity index (χ4v) is 3.32. The van der Waals surface area contributed by atoms with Crippen molar-refractivity contribution in [3.63, 3.8) is 0 Å². The van der Waals surface area contributed by atoms with Crippen LogP contribution in [0.2, 0.25) is 5.02 Å². The monoisotopic (exact) mass is 386 g/mol. The van der Waals surface area contributed by atoms with E-state index in [1.807, 2.05) is 60.8 Å². The van der Waals surface area contributed by atoms with E-state index in [0.717, 1.165) is 17.0 Å². The Labute approximate surface area is 161 Å². The van der Waals surface area contributed by atoms with Gasteiger partial charge in [0.15, 0.2) is 5.13 Å². The van der Waals surface area contributed by atoms with Gasteiger partial charge in [0.05, 0.1) is 12.3 Å². The average Bonchev–Trinajstić information content (AvgIpc) is 3.09. The molecule has 0 saturated carbocycles. The summed E-state index contributed by atoms with van der Waals surface area (Å²) in [5.41, 5.74) is 2.81. The number of hydrogen-bond donors (Lipinski definition) is 1. The van der Waals surface area contributed by atoms with Gasteiger partial charge < -0.3 is 10.1 Å². The molecule has 0 aliphatic carbocycles. The first-order valence-corrected chi connectivity index (χ1v) is 9.57. The molecular weight excluding hydrogens is 368 g/mol. The minimum Gasteiger partial charge on any atom is -0.494 e. The molecule has 2 aromatic carbocycles. The summed E-state index contributed by atoms with van der Waals surface area (Å²) in [6.07, 6.45) is 1.02. The molecule has 26 heavy (non-hydrogen) atoms. The van der Waals surface area contributed by atoms with Gasteiger partial charge in [0.2, 0.25) is 5.91 Å². The summed E-state index contributed by atoms with van der Waals surface area (Å²) in [5.74, 6) is 0.748. The summed E-state index contributed by atoms with van der Waals surface area (Å²) in [5, 5.41) is 5.93. The molecule has 0 spiro atoms. The van der Waals surface area contributed by atoms with Gasteiger partial charge in [0.25, 0.3) is 0 Å². The number of aromatic nitrogens is 1. The van der Waals surface area contributed by atoms with Crippen molar-refractivity contribution in [3.05, 3.63) is 64.5 Å². The van der Waals surface area contributed by atoms with Crippen LogP contribution in [0.1, 0.15) is 18.4 Å². The van der Waals surface area contributed by atoms with E-state index in [2.05, 4.69) is 10.3 Å². The highest BCUT2D eigenvalue weighted by molar-refractivity contribution is 7.14. The van der Waals surface area contributed by atoms with Crippen LogP contribution in [0.3, 0.4) is 0 Å². The van der Waals surface area contributed by atoms with E-state index >= 15 is 0 Å². The first kappa shape index (κ1) is 18.4.